The zero-order valence-electron chi connectivity index (χ0n) is 9.14. The van der Waals surface area contributed by atoms with Crippen LogP contribution in [0.4, 0.5) is 0 Å². The second kappa shape index (κ2) is 4.45. The second-order valence-electron chi connectivity index (χ2n) is 5.11. The van der Waals surface area contributed by atoms with Crippen molar-refractivity contribution in [1.82, 2.24) is 0 Å². The molecule has 0 amide bonds. The van der Waals surface area contributed by atoms with E-state index in [-0.39, 0.29) is 0 Å². The molecular formula is C11H24Si. The third-order valence-corrected chi connectivity index (χ3v) is 8.32. The summed E-state index contributed by atoms with van der Waals surface area (Å²) in [7, 11) is -0.433. The minimum Gasteiger partial charge on any atom is -0.0654 e. The summed E-state index contributed by atoms with van der Waals surface area (Å²) in [5, 5.41) is 0. The lowest BCUT2D eigenvalue weighted by Crippen LogP contribution is -2.26. The molecule has 0 bridgehead atoms. The Morgan fingerprint density at radius 3 is 1.67 bits per heavy atom. The maximum absolute atomic E-state index is 2.45. The van der Waals surface area contributed by atoms with Crippen molar-refractivity contribution in [2.75, 3.05) is 0 Å². The van der Waals surface area contributed by atoms with Crippen LogP contribution in [0.25, 0.3) is 0 Å². The Balaban J connectivity index is 2.52. The van der Waals surface area contributed by atoms with Crippen LogP contribution in [-0.2, 0) is 0 Å². The SMILES string of the molecule is CC(C)[SiH](C(C)C)C1CCCC1. The van der Waals surface area contributed by atoms with Crippen molar-refractivity contribution in [3.63, 3.8) is 0 Å². The number of rotatable bonds is 3. The lowest BCUT2D eigenvalue weighted by Gasteiger charge is -2.29. The van der Waals surface area contributed by atoms with Crippen LogP contribution in [0.2, 0.25) is 16.6 Å². The van der Waals surface area contributed by atoms with Crippen molar-refractivity contribution in [1.29, 1.82) is 0 Å². The van der Waals surface area contributed by atoms with E-state index in [4.69, 9.17) is 0 Å². The lowest BCUT2D eigenvalue weighted by molar-refractivity contribution is 0.783. The van der Waals surface area contributed by atoms with Gasteiger partial charge in [0.1, 0.15) is 0 Å². The van der Waals surface area contributed by atoms with E-state index in [2.05, 4.69) is 27.7 Å². The topological polar surface area (TPSA) is 0 Å². The van der Waals surface area contributed by atoms with Gasteiger partial charge in [-0.05, 0) is 5.54 Å². The highest BCUT2D eigenvalue weighted by Crippen LogP contribution is 2.40. The fourth-order valence-electron chi connectivity index (χ4n) is 3.20. The fraction of sp³-hybridized carbons (Fsp3) is 1.00. The molecule has 0 nitrogen and oxygen atoms in total. The third-order valence-electron chi connectivity index (χ3n) is 3.48. The zero-order chi connectivity index (χ0) is 9.14. The first kappa shape index (κ1) is 10.3. The van der Waals surface area contributed by atoms with Gasteiger partial charge in [-0.1, -0.05) is 64.5 Å². The van der Waals surface area contributed by atoms with Crippen molar-refractivity contribution in [3.8, 4) is 0 Å². The Morgan fingerprint density at radius 1 is 0.917 bits per heavy atom. The molecule has 0 aromatic rings. The highest BCUT2D eigenvalue weighted by molar-refractivity contribution is 6.63. The summed E-state index contributed by atoms with van der Waals surface area (Å²) in [4.78, 5) is 0. The first-order valence-electron chi connectivity index (χ1n) is 5.63. The predicted molar refractivity (Wildman–Crippen MR) is 59.6 cm³/mol. The van der Waals surface area contributed by atoms with E-state index in [0.717, 1.165) is 11.1 Å². The molecule has 0 radical (unpaired) electrons. The van der Waals surface area contributed by atoms with Gasteiger partial charge in [0, 0.05) is 8.80 Å². The van der Waals surface area contributed by atoms with Crippen LogP contribution < -0.4 is 0 Å². The van der Waals surface area contributed by atoms with Crippen LogP contribution in [0.1, 0.15) is 53.4 Å². The van der Waals surface area contributed by atoms with Crippen molar-refractivity contribution in [2.24, 2.45) is 0 Å². The number of hydrogen-bond acceptors (Lipinski definition) is 0. The third kappa shape index (κ3) is 2.35. The molecule has 1 aliphatic carbocycles. The zero-order valence-corrected chi connectivity index (χ0v) is 10.3. The van der Waals surface area contributed by atoms with Crippen molar-refractivity contribution < 1.29 is 0 Å². The molecule has 0 N–H and O–H groups in total. The fourth-order valence-corrected chi connectivity index (χ4v) is 8.16. The molecule has 0 aromatic heterocycles. The molecule has 0 unspecified atom stereocenters. The molecule has 12 heavy (non-hydrogen) atoms. The van der Waals surface area contributed by atoms with E-state index in [1.54, 1.807) is 12.8 Å². The Kier molecular flexibility index (Phi) is 3.82. The summed E-state index contributed by atoms with van der Waals surface area (Å²) in [6.45, 7) is 9.81. The van der Waals surface area contributed by atoms with Crippen molar-refractivity contribution in [3.05, 3.63) is 0 Å². The summed E-state index contributed by atoms with van der Waals surface area (Å²) in [5.74, 6) is 0. The van der Waals surface area contributed by atoms with Crippen LogP contribution in [0.3, 0.4) is 0 Å². The van der Waals surface area contributed by atoms with Crippen LogP contribution >= 0.6 is 0 Å². The van der Waals surface area contributed by atoms with Gasteiger partial charge in [0.25, 0.3) is 0 Å². The van der Waals surface area contributed by atoms with E-state index < -0.39 is 8.80 Å². The van der Waals surface area contributed by atoms with Gasteiger partial charge in [0.05, 0.1) is 0 Å². The quantitative estimate of drug-likeness (QED) is 0.582. The maximum atomic E-state index is 2.45. The molecular weight excluding hydrogens is 160 g/mol. The molecule has 0 aromatic carbocycles. The Hall–Kier alpha value is 0.217. The molecule has 0 saturated heterocycles. The minimum absolute atomic E-state index is 0.433. The molecule has 0 atom stereocenters. The predicted octanol–water partition coefficient (Wildman–Crippen LogP) is 3.98. The van der Waals surface area contributed by atoms with E-state index in [0.29, 0.717) is 0 Å². The minimum atomic E-state index is -0.433. The molecule has 1 rings (SSSR count). The van der Waals surface area contributed by atoms with Crippen molar-refractivity contribution >= 4 is 8.80 Å². The average molecular weight is 184 g/mol. The van der Waals surface area contributed by atoms with Gasteiger partial charge in [-0.15, -0.1) is 0 Å². The molecule has 72 valence electrons. The monoisotopic (exact) mass is 184 g/mol. The Bertz CT molecular complexity index is 115. The van der Waals surface area contributed by atoms with Crippen LogP contribution in [0, 0.1) is 0 Å². The highest BCUT2D eigenvalue weighted by atomic mass is 28.3. The van der Waals surface area contributed by atoms with Gasteiger partial charge in [-0.25, -0.2) is 0 Å². The van der Waals surface area contributed by atoms with Crippen molar-refractivity contribution in [2.45, 2.75) is 70.0 Å². The van der Waals surface area contributed by atoms with E-state index in [1.807, 2.05) is 0 Å². The summed E-state index contributed by atoms with van der Waals surface area (Å²) < 4.78 is 0. The van der Waals surface area contributed by atoms with Crippen LogP contribution in [-0.4, -0.2) is 8.80 Å². The Labute approximate surface area is 79.4 Å². The van der Waals surface area contributed by atoms with Gasteiger partial charge >= 0.3 is 0 Å². The van der Waals surface area contributed by atoms with Gasteiger partial charge < -0.3 is 0 Å². The summed E-state index contributed by atoms with van der Waals surface area (Å²) in [6, 6.07) is 0. The second-order valence-corrected chi connectivity index (χ2v) is 9.87. The normalized spacial score (nSPS) is 20.2. The lowest BCUT2D eigenvalue weighted by atomic mass is 10.4. The average Bonchev–Trinajstić information content (AvgIpc) is 2.37. The first-order chi connectivity index (χ1) is 5.63. The van der Waals surface area contributed by atoms with Gasteiger partial charge in [-0.2, -0.15) is 0 Å². The highest BCUT2D eigenvalue weighted by Gasteiger charge is 2.30. The molecule has 0 heterocycles. The smallest absolute Gasteiger partial charge is 0.0450 e. The molecule has 1 fully saturated rings. The van der Waals surface area contributed by atoms with Gasteiger partial charge in [0.2, 0.25) is 0 Å². The largest absolute Gasteiger partial charge is 0.0654 e. The molecule has 0 spiro atoms. The summed E-state index contributed by atoms with van der Waals surface area (Å²) in [5.41, 5.74) is 3.23. The van der Waals surface area contributed by atoms with Crippen LogP contribution in [0.15, 0.2) is 0 Å². The number of hydrogen-bond donors (Lipinski definition) is 0. The molecule has 1 heteroatoms. The molecule has 0 aliphatic heterocycles. The standard InChI is InChI=1S/C11H24Si/c1-9(2)12(10(3)4)11-7-5-6-8-11/h9-12H,5-8H2,1-4H3. The van der Waals surface area contributed by atoms with E-state index in [9.17, 15) is 0 Å². The van der Waals surface area contributed by atoms with E-state index >= 15 is 0 Å². The van der Waals surface area contributed by atoms with E-state index in [1.165, 1.54) is 18.4 Å². The summed E-state index contributed by atoms with van der Waals surface area (Å²) >= 11 is 0. The first-order valence-corrected chi connectivity index (χ1v) is 7.63. The van der Waals surface area contributed by atoms with Gasteiger partial charge in [-0.3, -0.25) is 0 Å². The molecule has 1 saturated carbocycles. The molecule has 1 aliphatic rings. The summed E-state index contributed by atoms with van der Waals surface area (Å²) in [6.07, 6.45) is 6.17. The maximum Gasteiger partial charge on any atom is 0.0450 e. The van der Waals surface area contributed by atoms with Gasteiger partial charge in [0.15, 0.2) is 0 Å². The van der Waals surface area contributed by atoms with Crippen LogP contribution in [0.5, 0.6) is 0 Å². The Morgan fingerprint density at radius 2 is 1.33 bits per heavy atom.